The van der Waals surface area contributed by atoms with Gasteiger partial charge in [0.1, 0.15) is 0 Å². The van der Waals surface area contributed by atoms with E-state index in [1.165, 1.54) is 19.3 Å². The van der Waals surface area contributed by atoms with Gasteiger partial charge >= 0.3 is 6.03 Å². The number of carbonyl (C=O) groups is 2. The van der Waals surface area contributed by atoms with Crippen LogP contribution in [0.2, 0.25) is 0 Å². The van der Waals surface area contributed by atoms with Gasteiger partial charge in [0, 0.05) is 50.9 Å². The van der Waals surface area contributed by atoms with Gasteiger partial charge in [-0.25, -0.2) is 4.79 Å². The normalized spacial score (nSPS) is 31.0. The third-order valence-electron chi connectivity index (χ3n) is 6.65. The number of hydrogen-bond acceptors (Lipinski definition) is 3. The molecule has 2 N–H and O–H groups in total. The number of aryl methyl sites for hydroxylation is 1. The lowest BCUT2D eigenvalue weighted by Crippen LogP contribution is -2.61. The van der Waals surface area contributed by atoms with E-state index in [9.17, 15) is 9.59 Å². The van der Waals surface area contributed by atoms with Crippen LogP contribution in [0.15, 0.2) is 12.4 Å². The predicted octanol–water partition coefficient (Wildman–Crippen LogP) is 2.04. The molecule has 4 bridgehead atoms. The molecule has 148 valence electrons. The maximum absolute atomic E-state index is 12.4. The fourth-order valence-electron chi connectivity index (χ4n) is 5.94. The first kappa shape index (κ1) is 18.3. The number of nitrogens with zero attached hydrogens (tertiary/aromatic N) is 3. The second-order valence-electron chi connectivity index (χ2n) is 9.10. The first-order valence-electron chi connectivity index (χ1n) is 10.2. The summed E-state index contributed by atoms with van der Waals surface area (Å²) >= 11 is 0. The SMILES string of the molecule is CN(Cc1cnn(C)c1)C(=O)CCNC(=O)NC12CC3CC(CC(C3)C1)C2. The third kappa shape index (κ3) is 4.12. The van der Waals surface area contributed by atoms with Crippen LogP contribution in [0.5, 0.6) is 0 Å². The summed E-state index contributed by atoms with van der Waals surface area (Å²) in [6.07, 6.45) is 11.5. The van der Waals surface area contributed by atoms with E-state index >= 15 is 0 Å². The molecule has 3 amide bonds. The highest BCUT2D eigenvalue weighted by atomic mass is 16.2. The monoisotopic (exact) mass is 373 g/mol. The quantitative estimate of drug-likeness (QED) is 0.801. The molecule has 0 aliphatic heterocycles. The highest BCUT2D eigenvalue weighted by Crippen LogP contribution is 2.55. The molecule has 4 aliphatic carbocycles. The maximum atomic E-state index is 12.4. The standard InChI is InChI=1S/C20H31N5O2/c1-24(12-17-11-22-25(2)13-17)18(26)3-4-21-19(27)23-20-8-14-5-15(9-20)7-16(6-14)10-20/h11,13-16H,3-10,12H2,1-2H3,(H2,21,23,27). The van der Waals surface area contributed by atoms with Crippen molar-refractivity contribution in [3.63, 3.8) is 0 Å². The van der Waals surface area contributed by atoms with Gasteiger partial charge in [0.2, 0.25) is 5.91 Å². The Morgan fingerprint density at radius 1 is 1.22 bits per heavy atom. The number of nitrogens with one attached hydrogen (secondary N) is 2. The lowest BCUT2D eigenvalue weighted by atomic mass is 9.53. The van der Waals surface area contributed by atoms with Crippen LogP contribution in [0.1, 0.15) is 50.5 Å². The summed E-state index contributed by atoms with van der Waals surface area (Å²) < 4.78 is 1.73. The van der Waals surface area contributed by atoms with Gasteiger partial charge in [0.25, 0.3) is 0 Å². The Balaban J connectivity index is 1.20. The van der Waals surface area contributed by atoms with Crippen LogP contribution in [-0.4, -0.2) is 45.8 Å². The fourth-order valence-corrected chi connectivity index (χ4v) is 5.94. The highest BCUT2D eigenvalue weighted by molar-refractivity contribution is 5.78. The van der Waals surface area contributed by atoms with Crippen molar-refractivity contribution in [2.45, 2.75) is 57.0 Å². The molecule has 0 spiro atoms. The van der Waals surface area contributed by atoms with Crippen molar-refractivity contribution < 1.29 is 9.59 Å². The first-order valence-corrected chi connectivity index (χ1v) is 10.2. The second-order valence-corrected chi connectivity index (χ2v) is 9.10. The fraction of sp³-hybridized carbons (Fsp3) is 0.750. The van der Waals surface area contributed by atoms with Gasteiger partial charge in [-0.3, -0.25) is 9.48 Å². The van der Waals surface area contributed by atoms with Crippen LogP contribution >= 0.6 is 0 Å². The number of rotatable bonds is 6. The van der Waals surface area contributed by atoms with Crippen molar-refractivity contribution in [2.24, 2.45) is 24.8 Å². The van der Waals surface area contributed by atoms with Crippen LogP contribution in [0, 0.1) is 17.8 Å². The molecular weight excluding hydrogens is 342 g/mol. The summed E-state index contributed by atoms with van der Waals surface area (Å²) in [6.45, 7) is 0.903. The van der Waals surface area contributed by atoms with Crippen LogP contribution < -0.4 is 10.6 Å². The van der Waals surface area contributed by atoms with E-state index in [0.29, 0.717) is 19.5 Å². The Kier molecular flexibility index (Phi) is 4.86. The Labute approximate surface area is 160 Å². The zero-order chi connectivity index (χ0) is 19.0. The molecule has 0 radical (unpaired) electrons. The largest absolute Gasteiger partial charge is 0.341 e. The van der Waals surface area contributed by atoms with Crippen molar-refractivity contribution in [2.75, 3.05) is 13.6 Å². The molecule has 4 saturated carbocycles. The van der Waals surface area contributed by atoms with Crippen LogP contribution in [0.25, 0.3) is 0 Å². The summed E-state index contributed by atoms with van der Waals surface area (Å²) in [5.41, 5.74) is 1.01. The zero-order valence-electron chi connectivity index (χ0n) is 16.4. The summed E-state index contributed by atoms with van der Waals surface area (Å²) in [5.74, 6) is 2.44. The Bertz CT molecular complexity index is 678. The van der Waals surface area contributed by atoms with Gasteiger partial charge in [-0.05, 0) is 56.3 Å². The molecule has 1 heterocycles. The van der Waals surface area contributed by atoms with E-state index < -0.39 is 0 Å². The van der Waals surface area contributed by atoms with E-state index in [0.717, 1.165) is 42.6 Å². The molecule has 0 unspecified atom stereocenters. The van der Waals surface area contributed by atoms with Gasteiger partial charge in [-0.15, -0.1) is 0 Å². The van der Waals surface area contributed by atoms with Crippen molar-refractivity contribution in [3.8, 4) is 0 Å². The van der Waals surface area contributed by atoms with Gasteiger partial charge in [-0.2, -0.15) is 5.10 Å². The molecule has 7 nitrogen and oxygen atoms in total. The number of aromatic nitrogens is 2. The molecule has 1 aromatic heterocycles. The van der Waals surface area contributed by atoms with E-state index in [4.69, 9.17) is 0 Å². The van der Waals surface area contributed by atoms with Gasteiger partial charge < -0.3 is 15.5 Å². The second kappa shape index (κ2) is 7.17. The Morgan fingerprint density at radius 3 is 2.41 bits per heavy atom. The van der Waals surface area contributed by atoms with Crippen molar-refractivity contribution in [1.29, 1.82) is 0 Å². The van der Waals surface area contributed by atoms with E-state index in [-0.39, 0.29) is 17.5 Å². The van der Waals surface area contributed by atoms with E-state index in [1.54, 1.807) is 22.8 Å². The molecule has 0 aromatic carbocycles. The number of carbonyl (C=O) groups excluding carboxylic acids is 2. The molecule has 4 aliphatic rings. The van der Waals surface area contributed by atoms with Crippen molar-refractivity contribution >= 4 is 11.9 Å². The molecule has 7 heteroatoms. The summed E-state index contributed by atoms with van der Waals surface area (Å²) in [4.78, 5) is 26.4. The summed E-state index contributed by atoms with van der Waals surface area (Å²) in [6, 6.07) is -0.111. The molecule has 0 saturated heterocycles. The van der Waals surface area contributed by atoms with Crippen molar-refractivity contribution in [1.82, 2.24) is 25.3 Å². The smallest absolute Gasteiger partial charge is 0.315 e. The lowest BCUT2D eigenvalue weighted by molar-refractivity contribution is -0.130. The highest BCUT2D eigenvalue weighted by Gasteiger charge is 2.51. The molecular formula is C20H31N5O2. The lowest BCUT2D eigenvalue weighted by Gasteiger charge is -2.56. The third-order valence-corrected chi connectivity index (χ3v) is 6.65. The summed E-state index contributed by atoms with van der Waals surface area (Å²) in [5, 5.41) is 10.3. The zero-order valence-corrected chi connectivity index (χ0v) is 16.4. The topological polar surface area (TPSA) is 79.3 Å². The molecule has 5 rings (SSSR count). The van der Waals surface area contributed by atoms with Gasteiger partial charge in [-0.1, -0.05) is 0 Å². The number of hydrogen-bond donors (Lipinski definition) is 2. The Hall–Kier alpha value is -2.05. The van der Waals surface area contributed by atoms with Crippen LogP contribution in [-0.2, 0) is 18.4 Å². The first-order chi connectivity index (χ1) is 12.9. The van der Waals surface area contributed by atoms with Crippen molar-refractivity contribution in [3.05, 3.63) is 18.0 Å². The molecule has 1 aromatic rings. The summed E-state index contributed by atoms with van der Waals surface area (Å²) in [7, 11) is 3.64. The van der Waals surface area contributed by atoms with Crippen LogP contribution in [0.3, 0.4) is 0 Å². The minimum atomic E-state index is -0.111. The Morgan fingerprint density at radius 2 is 1.85 bits per heavy atom. The number of urea groups is 1. The maximum Gasteiger partial charge on any atom is 0.315 e. The van der Waals surface area contributed by atoms with Crippen LogP contribution in [0.4, 0.5) is 4.79 Å². The average molecular weight is 374 g/mol. The molecule has 0 atom stereocenters. The minimum Gasteiger partial charge on any atom is -0.341 e. The number of amides is 3. The average Bonchev–Trinajstić information content (AvgIpc) is 2.97. The van der Waals surface area contributed by atoms with Gasteiger partial charge in [0.15, 0.2) is 0 Å². The molecule has 27 heavy (non-hydrogen) atoms. The minimum absolute atomic E-state index is 0.0138. The predicted molar refractivity (Wildman–Crippen MR) is 102 cm³/mol. The van der Waals surface area contributed by atoms with E-state index in [2.05, 4.69) is 15.7 Å². The van der Waals surface area contributed by atoms with Gasteiger partial charge in [0.05, 0.1) is 6.20 Å². The van der Waals surface area contributed by atoms with E-state index in [1.807, 2.05) is 13.2 Å². The molecule has 4 fully saturated rings.